The van der Waals surface area contributed by atoms with Gasteiger partial charge in [0.25, 0.3) is 0 Å². The van der Waals surface area contributed by atoms with Gasteiger partial charge in [-0.1, -0.05) is 30.2 Å². The number of halogens is 1. The highest BCUT2D eigenvalue weighted by Crippen LogP contribution is 2.27. The number of urea groups is 1. The molecule has 0 aliphatic heterocycles. The highest BCUT2D eigenvalue weighted by molar-refractivity contribution is 6.33. The van der Waals surface area contributed by atoms with Crippen LogP contribution in [0.5, 0.6) is 0 Å². The fourth-order valence-corrected chi connectivity index (χ4v) is 2.64. The molecule has 1 aromatic carbocycles. The zero-order valence-corrected chi connectivity index (χ0v) is 11.9. The molecule has 0 heterocycles. The van der Waals surface area contributed by atoms with Crippen molar-refractivity contribution in [2.24, 2.45) is 5.92 Å². The third-order valence-corrected chi connectivity index (χ3v) is 3.79. The number of amides is 2. The van der Waals surface area contributed by atoms with E-state index < -0.39 is 0 Å². The Morgan fingerprint density at radius 3 is 2.75 bits per heavy atom. The molecule has 2 atom stereocenters. The first kappa shape index (κ1) is 14.7. The minimum Gasteiger partial charge on any atom is -0.469 e. The molecule has 0 aromatic heterocycles. The third-order valence-electron chi connectivity index (χ3n) is 3.46. The molecule has 20 heavy (non-hydrogen) atoms. The summed E-state index contributed by atoms with van der Waals surface area (Å²) < 4.78 is 4.75. The van der Waals surface area contributed by atoms with E-state index in [1.165, 1.54) is 7.11 Å². The second kappa shape index (κ2) is 6.61. The fourth-order valence-electron chi connectivity index (χ4n) is 2.46. The molecule has 0 unspecified atom stereocenters. The number of benzene rings is 1. The lowest BCUT2D eigenvalue weighted by Crippen LogP contribution is -2.42. The lowest BCUT2D eigenvalue weighted by molar-refractivity contribution is -0.145. The lowest BCUT2D eigenvalue weighted by atomic mass is 10.0. The summed E-state index contributed by atoms with van der Waals surface area (Å²) >= 11 is 5.97. The molecule has 2 rings (SSSR count). The summed E-state index contributed by atoms with van der Waals surface area (Å²) in [7, 11) is 1.36. The van der Waals surface area contributed by atoms with Crippen LogP contribution in [0.2, 0.25) is 5.02 Å². The van der Waals surface area contributed by atoms with E-state index in [0.29, 0.717) is 10.7 Å². The molecule has 0 saturated heterocycles. The molecule has 108 valence electrons. The Balaban J connectivity index is 1.94. The number of nitrogens with one attached hydrogen (secondary N) is 2. The van der Waals surface area contributed by atoms with Gasteiger partial charge in [0.05, 0.1) is 23.7 Å². The Bertz CT molecular complexity index is 507. The fraction of sp³-hybridized carbons (Fsp3) is 0.429. The largest absolute Gasteiger partial charge is 0.469 e. The molecule has 0 spiro atoms. The molecule has 1 aliphatic rings. The van der Waals surface area contributed by atoms with Gasteiger partial charge in [-0.3, -0.25) is 4.79 Å². The van der Waals surface area contributed by atoms with Gasteiger partial charge in [-0.15, -0.1) is 0 Å². The average Bonchev–Trinajstić information content (AvgIpc) is 2.88. The van der Waals surface area contributed by atoms with E-state index in [9.17, 15) is 9.59 Å². The summed E-state index contributed by atoms with van der Waals surface area (Å²) in [5.74, 6) is -0.539. The predicted octanol–water partition coefficient (Wildman–Crippen LogP) is 2.80. The smallest absolute Gasteiger partial charge is 0.319 e. The van der Waals surface area contributed by atoms with Crippen molar-refractivity contribution in [3.63, 3.8) is 0 Å². The van der Waals surface area contributed by atoms with Gasteiger partial charge in [0.2, 0.25) is 0 Å². The van der Waals surface area contributed by atoms with Crippen molar-refractivity contribution in [2.45, 2.75) is 25.3 Å². The Morgan fingerprint density at radius 1 is 1.30 bits per heavy atom. The van der Waals surface area contributed by atoms with Crippen molar-refractivity contribution in [3.05, 3.63) is 29.3 Å². The first-order valence-corrected chi connectivity index (χ1v) is 6.89. The number of para-hydroxylation sites is 1. The molecule has 1 saturated carbocycles. The highest BCUT2D eigenvalue weighted by Gasteiger charge is 2.34. The number of hydrogen-bond donors (Lipinski definition) is 2. The molecule has 6 heteroatoms. The van der Waals surface area contributed by atoms with E-state index in [1.807, 2.05) is 0 Å². The lowest BCUT2D eigenvalue weighted by Gasteiger charge is -2.19. The van der Waals surface area contributed by atoms with Crippen LogP contribution in [-0.2, 0) is 9.53 Å². The molecule has 2 amide bonds. The number of hydrogen-bond acceptors (Lipinski definition) is 3. The highest BCUT2D eigenvalue weighted by atomic mass is 35.5. The van der Waals surface area contributed by atoms with Crippen LogP contribution >= 0.6 is 11.6 Å². The van der Waals surface area contributed by atoms with Crippen molar-refractivity contribution in [2.75, 3.05) is 12.4 Å². The van der Waals surface area contributed by atoms with E-state index >= 15 is 0 Å². The molecule has 1 fully saturated rings. The molecule has 5 nitrogen and oxygen atoms in total. The SMILES string of the molecule is COC(=O)[C@H]1CCC[C@H]1NC(=O)Nc1ccccc1Cl. The monoisotopic (exact) mass is 296 g/mol. The Kier molecular flexibility index (Phi) is 4.84. The minimum atomic E-state index is -0.362. The number of carbonyl (C=O) groups excluding carboxylic acids is 2. The van der Waals surface area contributed by atoms with Crippen LogP contribution < -0.4 is 10.6 Å². The van der Waals surface area contributed by atoms with Gasteiger partial charge in [-0.2, -0.15) is 0 Å². The van der Waals surface area contributed by atoms with Crippen LogP contribution in [-0.4, -0.2) is 25.2 Å². The van der Waals surface area contributed by atoms with Crippen molar-refractivity contribution >= 4 is 29.3 Å². The van der Waals surface area contributed by atoms with Gasteiger partial charge in [0, 0.05) is 6.04 Å². The van der Waals surface area contributed by atoms with Crippen LogP contribution in [0.25, 0.3) is 0 Å². The summed E-state index contributed by atoms with van der Waals surface area (Å²) in [6, 6.07) is 6.44. The topological polar surface area (TPSA) is 67.4 Å². The summed E-state index contributed by atoms with van der Waals surface area (Å²) in [4.78, 5) is 23.5. The number of esters is 1. The molecule has 1 aromatic rings. The van der Waals surface area contributed by atoms with Crippen molar-refractivity contribution in [3.8, 4) is 0 Å². The quantitative estimate of drug-likeness (QED) is 0.843. The van der Waals surface area contributed by atoms with Gasteiger partial charge >= 0.3 is 12.0 Å². The first-order chi connectivity index (χ1) is 9.61. The Morgan fingerprint density at radius 2 is 2.05 bits per heavy atom. The maximum Gasteiger partial charge on any atom is 0.319 e. The zero-order chi connectivity index (χ0) is 14.5. The zero-order valence-electron chi connectivity index (χ0n) is 11.2. The van der Waals surface area contributed by atoms with Gasteiger partial charge < -0.3 is 15.4 Å². The molecule has 0 radical (unpaired) electrons. The van der Waals surface area contributed by atoms with E-state index in [-0.39, 0.29) is 24.0 Å². The first-order valence-electron chi connectivity index (χ1n) is 6.51. The van der Waals surface area contributed by atoms with E-state index in [1.54, 1.807) is 24.3 Å². The van der Waals surface area contributed by atoms with Crippen molar-refractivity contribution in [1.82, 2.24) is 5.32 Å². The van der Waals surface area contributed by atoms with E-state index in [0.717, 1.165) is 19.3 Å². The molecular formula is C14H17ClN2O3. The van der Waals surface area contributed by atoms with Crippen molar-refractivity contribution < 1.29 is 14.3 Å². The van der Waals surface area contributed by atoms with Crippen molar-refractivity contribution in [1.29, 1.82) is 0 Å². The molecule has 2 N–H and O–H groups in total. The van der Waals surface area contributed by atoms with E-state index in [2.05, 4.69) is 10.6 Å². The van der Waals surface area contributed by atoms with Crippen LogP contribution in [0.4, 0.5) is 10.5 Å². The second-order valence-electron chi connectivity index (χ2n) is 4.75. The maximum absolute atomic E-state index is 11.9. The molecule has 1 aliphatic carbocycles. The number of ether oxygens (including phenoxy) is 1. The van der Waals surface area contributed by atoms with Crippen LogP contribution in [0.1, 0.15) is 19.3 Å². The Hall–Kier alpha value is -1.75. The van der Waals surface area contributed by atoms with Gasteiger partial charge in [-0.05, 0) is 25.0 Å². The van der Waals surface area contributed by atoms with Crippen LogP contribution in [0.15, 0.2) is 24.3 Å². The predicted molar refractivity (Wildman–Crippen MR) is 76.8 cm³/mol. The summed E-state index contributed by atoms with van der Waals surface area (Å²) in [5.41, 5.74) is 0.541. The average molecular weight is 297 g/mol. The van der Waals surface area contributed by atoms with Crippen LogP contribution in [0.3, 0.4) is 0 Å². The Labute approximate surface area is 122 Å². The van der Waals surface area contributed by atoms with Gasteiger partial charge in [0.1, 0.15) is 0 Å². The summed E-state index contributed by atoms with van der Waals surface area (Å²) in [6.45, 7) is 0. The number of rotatable bonds is 3. The number of methoxy groups -OCH3 is 1. The van der Waals surface area contributed by atoms with Gasteiger partial charge in [-0.25, -0.2) is 4.79 Å². The van der Waals surface area contributed by atoms with Gasteiger partial charge in [0.15, 0.2) is 0 Å². The minimum absolute atomic E-state index is 0.190. The standard InChI is InChI=1S/C14H17ClN2O3/c1-20-13(18)9-5-4-8-11(9)16-14(19)17-12-7-3-2-6-10(12)15/h2-3,6-7,9,11H,4-5,8H2,1H3,(H2,16,17,19)/t9-,11+/m0/s1. The summed E-state index contributed by atoms with van der Waals surface area (Å²) in [5, 5.41) is 5.96. The maximum atomic E-state index is 11.9. The molecular weight excluding hydrogens is 280 g/mol. The number of anilines is 1. The third kappa shape index (κ3) is 3.42. The second-order valence-corrected chi connectivity index (χ2v) is 5.15. The summed E-state index contributed by atoms with van der Waals surface area (Å²) in [6.07, 6.45) is 2.41. The van der Waals surface area contributed by atoms with E-state index in [4.69, 9.17) is 16.3 Å². The molecule has 0 bridgehead atoms. The van der Waals surface area contributed by atoms with Crippen LogP contribution in [0, 0.1) is 5.92 Å². The normalized spacial score (nSPS) is 21.3. The number of carbonyl (C=O) groups is 2.